The van der Waals surface area contributed by atoms with E-state index in [2.05, 4.69) is 14.8 Å². The number of carboxylic acids is 1. The number of azide groups is 1. The molecule has 9 heteroatoms. The summed E-state index contributed by atoms with van der Waals surface area (Å²) in [6, 6.07) is 3.80. The lowest BCUT2D eigenvalue weighted by atomic mass is 10.1. The zero-order valence-corrected chi connectivity index (χ0v) is 10.6. The Bertz CT molecular complexity index is 586. The van der Waals surface area contributed by atoms with E-state index in [0.717, 1.165) is 0 Å². The number of hydrogen-bond acceptors (Lipinski definition) is 3. The molecule has 0 bridgehead atoms. The third-order valence-corrected chi connectivity index (χ3v) is 2.39. The quantitative estimate of drug-likeness (QED) is 0.375. The normalized spacial score (nSPS) is 11.1. The number of halogens is 3. The lowest BCUT2D eigenvalue weighted by Gasteiger charge is -2.07. The number of carboxylic acid groups (broad SMARTS) is 1. The Morgan fingerprint density at radius 2 is 2.30 bits per heavy atom. The van der Waals surface area contributed by atoms with Gasteiger partial charge in [-0.1, -0.05) is 22.8 Å². The minimum absolute atomic E-state index is 0.0902. The first-order chi connectivity index (χ1) is 9.43. The van der Waals surface area contributed by atoms with Crippen LogP contribution in [0.4, 0.5) is 8.78 Å². The molecule has 1 rings (SSSR count). The molecule has 0 aromatic heterocycles. The van der Waals surface area contributed by atoms with Crippen LogP contribution in [0.1, 0.15) is 5.56 Å². The third kappa shape index (κ3) is 4.75. The van der Waals surface area contributed by atoms with E-state index >= 15 is 0 Å². The van der Waals surface area contributed by atoms with E-state index in [-0.39, 0.29) is 22.9 Å². The number of carbonyl (C=O) groups is 1. The summed E-state index contributed by atoms with van der Waals surface area (Å²) in [4.78, 5) is 13.4. The smallest absolute Gasteiger partial charge is 0.387 e. The predicted molar refractivity (Wildman–Crippen MR) is 67.7 cm³/mol. The summed E-state index contributed by atoms with van der Waals surface area (Å²) in [5, 5.41) is 11.9. The zero-order valence-electron chi connectivity index (χ0n) is 9.83. The molecule has 0 aliphatic carbocycles. The summed E-state index contributed by atoms with van der Waals surface area (Å²) in [5.74, 6) is -1.48. The number of aliphatic carboxylic acids is 1. The first-order valence-electron chi connectivity index (χ1n) is 5.13. The molecular weight excluding hydrogens is 296 g/mol. The van der Waals surface area contributed by atoms with Gasteiger partial charge in [-0.3, -0.25) is 0 Å². The molecule has 0 heterocycles. The van der Waals surface area contributed by atoms with Gasteiger partial charge in [0.2, 0.25) is 0 Å². The van der Waals surface area contributed by atoms with Crippen LogP contribution in [0.25, 0.3) is 16.5 Å². The van der Waals surface area contributed by atoms with E-state index < -0.39 is 12.6 Å². The van der Waals surface area contributed by atoms with Crippen LogP contribution < -0.4 is 4.74 Å². The van der Waals surface area contributed by atoms with Crippen molar-refractivity contribution in [2.75, 3.05) is 6.54 Å². The van der Waals surface area contributed by atoms with Crippen LogP contribution in [0.3, 0.4) is 0 Å². The molecule has 0 aliphatic rings. The highest BCUT2D eigenvalue weighted by atomic mass is 35.5. The second-order valence-corrected chi connectivity index (χ2v) is 3.84. The van der Waals surface area contributed by atoms with Gasteiger partial charge in [-0.05, 0) is 29.3 Å². The fourth-order valence-electron chi connectivity index (χ4n) is 1.28. The van der Waals surface area contributed by atoms with E-state index in [9.17, 15) is 13.6 Å². The number of rotatable bonds is 6. The first kappa shape index (κ1) is 15.7. The maximum atomic E-state index is 12.0. The second kappa shape index (κ2) is 7.32. The zero-order chi connectivity index (χ0) is 15.1. The van der Waals surface area contributed by atoms with Crippen LogP contribution in [0.5, 0.6) is 5.75 Å². The van der Waals surface area contributed by atoms with Crippen molar-refractivity contribution >= 4 is 23.6 Å². The Morgan fingerprint density at radius 3 is 2.80 bits per heavy atom. The van der Waals surface area contributed by atoms with E-state index in [4.69, 9.17) is 22.2 Å². The fraction of sp³-hybridized carbons (Fsp3) is 0.182. The Hall–Kier alpha value is -2.31. The maximum Gasteiger partial charge on any atom is 0.387 e. The second-order valence-electron chi connectivity index (χ2n) is 3.43. The van der Waals surface area contributed by atoms with Crippen molar-refractivity contribution in [3.05, 3.63) is 44.8 Å². The number of nitrogens with zero attached hydrogens (tertiary/aromatic N) is 3. The van der Waals surface area contributed by atoms with Crippen LogP contribution in [0, 0.1) is 0 Å². The van der Waals surface area contributed by atoms with Crippen molar-refractivity contribution < 1.29 is 23.4 Å². The Morgan fingerprint density at radius 1 is 1.60 bits per heavy atom. The number of alkyl halides is 2. The van der Waals surface area contributed by atoms with E-state index in [1.54, 1.807) is 0 Å². The van der Waals surface area contributed by atoms with Gasteiger partial charge in [-0.25, -0.2) is 4.79 Å². The van der Waals surface area contributed by atoms with Gasteiger partial charge >= 0.3 is 12.6 Å². The highest BCUT2D eigenvalue weighted by Crippen LogP contribution is 2.27. The number of hydrogen-bond donors (Lipinski definition) is 1. The van der Waals surface area contributed by atoms with Crippen LogP contribution in [0.15, 0.2) is 28.9 Å². The Balaban J connectivity index is 3.04. The molecule has 20 heavy (non-hydrogen) atoms. The molecule has 0 unspecified atom stereocenters. The highest BCUT2D eigenvalue weighted by Gasteiger charge is 2.10. The molecule has 1 aromatic carbocycles. The SMILES string of the molecule is [N-]=[N+]=NCC(=Cc1ccc(OC(F)F)c(Cl)c1)C(=O)O. The summed E-state index contributed by atoms with van der Waals surface area (Å²) in [7, 11) is 0. The minimum Gasteiger partial charge on any atom is -0.478 e. The molecule has 106 valence electrons. The Kier molecular flexibility index (Phi) is 5.76. The molecule has 0 radical (unpaired) electrons. The Labute approximate surface area is 116 Å². The van der Waals surface area contributed by atoms with E-state index in [0.29, 0.717) is 5.56 Å². The summed E-state index contributed by atoms with van der Waals surface area (Å²) >= 11 is 5.72. The maximum absolute atomic E-state index is 12.0. The molecule has 0 fully saturated rings. The van der Waals surface area contributed by atoms with Gasteiger partial charge < -0.3 is 9.84 Å². The molecule has 0 saturated carbocycles. The van der Waals surface area contributed by atoms with Gasteiger partial charge in [0.05, 0.1) is 11.6 Å². The lowest BCUT2D eigenvalue weighted by molar-refractivity contribution is -0.132. The van der Waals surface area contributed by atoms with Crippen molar-refractivity contribution in [2.24, 2.45) is 5.11 Å². The summed E-state index contributed by atoms with van der Waals surface area (Å²) in [6.07, 6.45) is 1.22. The van der Waals surface area contributed by atoms with Crippen molar-refractivity contribution in [3.8, 4) is 5.75 Å². The molecule has 0 spiro atoms. The molecule has 0 amide bonds. The molecular formula is C11H8ClF2N3O3. The summed E-state index contributed by atoms with van der Waals surface area (Å²) in [5.41, 5.74) is 8.34. The van der Waals surface area contributed by atoms with Gasteiger partial charge in [0.1, 0.15) is 5.75 Å². The van der Waals surface area contributed by atoms with Crippen LogP contribution in [0.2, 0.25) is 5.02 Å². The molecule has 0 aliphatic heterocycles. The molecule has 6 nitrogen and oxygen atoms in total. The standard InChI is InChI=1S/C11H8ClF2N3O3/c12-8-4-6(1-2-9(8)20-11(13)14)3-7(10(18)19)5-16-17-15/h1-4,11H,5H2,(H,18,19). The predicted octanol–water partition coefficient (Wildman–Crippen LogP) is 3.72. The third-order valence-electron chi connectivity index (χ3n) is 2.09. The van der Waals surface area contributed by atoms with Gasteiger partial charge in [0.15, 0.2) is 0 Å². The first-order valence-corrected chi connectivity index (χ1v) is 5.51. The van der Waals surface area contributed by atoms with Crippen LogP contribution >= 0.6 is 11.6 Å². The van der Waals surface area contributed by atoms with Crippen LogP contribution in [-0.4, -0.2) is 24.2 Å². The summed E-state index contributed by atoms with van der Waals surface area (Å²) in [6.45, 7) is -3.35. The molecule has 1 aromatic rings. The summed E-state index contributed by atoms with van der Waals surface area (Å²) < 4.78 is 28.2. The largest absolute Gasteiger partial charge is 0.478 e. The van der Waals surface area contributed by atoms with Crippen molar-refractivity contribution in [3.63, 3.8) is 0 Å². The van der Waals surface area contributed by atoms with Gasteiger partial charge in [-0.15, -0.1) is 0 Å². The van der Waals surface area contributed by atoms with E-state index in [1.807, 2.05) is 0 Å². The van der Waals surface area contributed by atoms with Gasteiger partial charge in [0, 0.05) is 10.5 Å². The molecule has 0 saturated heterocycles. The number of ether oxygens (including phenoxy) is 1. The van der Waals surface area contributed by atoms with Crippen molar-refractivity contribution in [1.29, 1.82) is 0 Å². The topological polar surface area (TPSA) is 95.3 Å². The monoisotopic (exact) mass is 303 g/mol. The van der Waals surface area contributed by atoms with E-state index in [1.165, 1.54) is 24.3 Å². The average molecular weight is 304 g/mol. The molecule has 1 N–H and O–H groups in total. The van der Waals surface area contributed by atoms with Crippen molar-refractivity contribution in [1.82, 2.24) is 0 Å². The lowest BCUT2D eigenvalue weighted by Crippen LogP contribution is -2.04. The highest BCUT2D eigenvalue weighted by molar-refractivity contribution is 6.32. The van der Waals surface area contributed by atoms with Gasteiger partial charge in [-0.2, -0.15) is 8.78 Å². The minimum atomic E-state index is -3.01. The fourth-order valence-corrected chi connectivity index (χ4v) is 1.52. The van der Waals surface area contributed by atoms with Gasteiger partial charge in [0.25, 0.3) is 0 Å². The van der Waals surface area contributed by atoms with Crippen molar-refractivity contribution in [2.45, 2.75) is 6.61 Å². The van der Waals surface area contributed by atoms with Crippen LogP contribution in [-0.2, 0) is 4.79 Å². The molecule has 0 atom stereocenters. The average Bonchev–Trinajstić information content (AvgIpc) is 2.36. The number of benzene rings is 1.